The van der Waals surface area contributed by atoms with Crippen molar-refractivity contribution >= 4 is 6.09 Å². The zero-order valence-corrected chi connectivity index (χ0v) is 19.3. The van der Waals surface area contributed by atoms with Crippen molar-refractivity contribution in [3.05, 3.63) is 42.6 Å². The van der Waals surface area contributed by atoms with Gasteiger partial charge in [-0.2, -0.15) is 0 Å². The van der Waals surface area contributed by atoms with Crippen LogP contribution >= 0.6 is 0 Å². The summed E-state index contributed by atoms with van der Waals surface area (Å²) in [5.41, 5.74) is 3.09. The average Bonchev–Trinajstić information content (AvgIpc) is 3.41. The van der Waals surface area contributed by atoms with E-state index in [2.05, 4.69) is 15.3 Å². The first-order chi connectivity index (χ1) is 15.2. The highest BCUT2D eigenvalue weighted by atomic mass is 16.6. The van der Waals surface area contributed by atoms with E-state index >= 15 is 0 Å². The summed E-state index contributed by atoms with van der Waals surface area (Å²) in [6.07, 6.45) is 7.05. The molecule has 0 radical (unpaired) electrons. The standard InChI is InChI=1S/C23H30N6O3/c1-16-13-28(15-24-16)20-7-6-17(12-21(20)31-5)19-14-29(26-25-19)18-8-10-27(11-9-18)22(30)32-23(2,3)4/h6-7,12-15,18H,8-11H2,1-5H3. The zero-order chi connectivity index (χ0) is 22.9. The number of nitrogens with zero attached hydrogens (tertiary/aromatic N) is 6. The van der Waals surface area contributed by atoms with Crippen LogP contribution in [0.2, 0.25) is 0 Å². The van der Waals surface area contributed by atoms with Gasteiger partial charge in [0.1, 0.15) is 17.0 Å². The third-order valence-electron chi connectivity index (χ3n) is 5.47. The number of hydrogen-bond acceptors (Lipinski definition) is 6. The Kier molecular flexibility index (Phi) is 5.90. The molecule has 1 fully saturated rings. The van der Waals surface area contributed by atoms with Gasteiger partial charge in [0, 0.05) is 24.8 Å². The van der Waals surface area contributed by atoms with Crippen molar-refractivity contribution < 1.29 is 14.3 Å². The number of hydrogen-bond donors (Lipinski definition) is 0. The van der Waals surface area contributed by atoms with E-state index < -0.39 is 5.60 Å². The quantitative estimate of drug-likeness (QED) is 0.611. The summed E-state index contributed by atoms with van der Waals surface area (Å²) in [5, 5.41) is 8.74. The smallest absolute Gasteiger partial charge is 0.410 e. The van der Waals surface area contributed by atoms with Gasteiger partial charge in [-0.05, 0) is 52.7 Å². The number of benzene rings is 1. The van der Waals surface area contributed by atoms with Gasteiger partial charge in [0.25, 0.3) is 0 Å². The average molecular weight is 439 g/mol. The second kappa shape index (κ2) is 8.64. The summed E-state index contributed by atoms with van der Waals surface area (Å²) in [6.45, 7) is 8.88. The third-order valence-corrected chi connectivity index (χ3v) is 5.47. The van der Waals surface area contributed by atoms with Crippen molar-refractivity contribution in [1.29, 1.82) is 0 Å². The second-order valence-electron chi connectivity index (χ2n) is 9.09. The molecular formula is C23H30N6O3. The molecular weight excluding hydrogens is 408 g/mol. The monoisotopic (exact) mass is 438 g/mol. The van der Waals surface area contributed by atoms with E-state index in [1.807, 2.05) is 67.5 Å². The number of imidazole rings is 1. The first-order valence-corrected chi connectivity index (χ1v) is 10.8. The van der Waals surface area contributed by atoms with Crippen LogP contribution in [-0.2, 0) is 4.74 Å². The lowest BCUT2D eigenvalue weighted by atomic mass is 10.1. The van der Waals surface area contributed by atoms with Crippen molar-refractivity contribution in [2.75, 3.05) is 20.2 Å². The summed E-state index contributed by atoms with van der Waals surface area (Å²) in [4.78, 5) is 18.3. The maximum absolute atomic E-state index is 12.3. The fourth-order valence-corrected chi connectivity index (χ4v) is 3.83. The largest absolute Gasteiger partial charge is 0.495 e. The Balaban J connectivity index is 1.45. The number of amides is 1. The summed E-state index contributed by atoms with van der Waals surface area (Å²) in [5.74, 6) is 0.736. The van der Waals surface area contributed by atoms with Gasteiger partial charge in [-0.25, -0.2) is 14.5 Å². The molecule has 0 spiro atoms. The number of carbonyl (C=O) groups excluding carboxylic acids is 1. The van der Waals surface area contributed by atoms with Crippen LogP contribution in [0.4, 0.5) is 4.79 Å². The zero-order valence-electron chi connectivity index (χ0n) is 19.3. The Labute approximate surface area is 188 Å². The summed E-state index contributed by atoms with van der Waals surface area (Å²) >= 11 is 0. The maximum atomic E-state index is 12.3. The van der Waals surface area contributed by atoms with Crippen LogP contribution < -0.4 is 4.74 Å². The van der Waals surface area contributed by atoms with Gasteiger partial charge in [-0.15, -0.1) is 5.10 Å². The lowest BCUT2D eigenvalue weighted by Crippen LogP contribution is -2.42. The molecule has 4 rings (SSSR count). The Bertz CT molecular complexity index is 1090. The van der Waals surface area contributed by atoms with E-state index in [0.717, 1.165) is 41.2 Å². The molecule has 0 N–H and O–H groups in total. The lowest BCUT2D eigenvalue weighted by Gasteiger charge is -2.33. The predicted octanol–water partition coefficient (Wildman–Crippen LogP) is 4.02. The van der Waals surface area contributed by atoms with Gasteiger partial charge >= 0.3 is 6.09 Å². The van der Waals surface area contributed by atoms with Crippen LogP contribution in [0, 0.1) is 6.92 Å². The van der Waals surface area contributed by atoms with E-state index in [4.69, 9.17) is 9.47 Å². The number of likely N-dealkylation sites (tertiary alicyclic amines) is 1. The molecule has 1 aliphatic rings. The van der Waals surface area contributed by atoms with Gasteiger partial charge in [0.05, 0.1) is 37.1 Å². The molecule has 32 heavy (non-hydrogen) atoms. The summed E-state index contributed by atoms with van der Waals surface area (Å²) in [6, 6.07) is 6.16. The van der Waals surface area contributed by atoms with Crippen LogP contribution in [0.15, 0.2) is 36.9 Å². The van der Waals surface area contributed by atoms with Gasteiger partial charge in [0.15, 0.2) is 0 Å². The normalized spacial score (nSPS) is 15.1. The van der Waals surface area contributed by atoms with Crippen LogP contribution in [0.5, 0.6) is 5.75 Å². The van der Waals surface area contributed by atoms with Crippen LogP contribution in [0.3, 0.4) is 0 Å². The number of carbonyl (C=O) groups is 1. The van der Waals surface area contributed by atoms with Crippen LogP contribution in [0.25, 0.3) is 16.9 Å². The molecule has 0 atom stereocenters. The van der Waals surface area contributed by atoms with E-state index in [1.54, 1.807) is 18.3 Å². The maximum Gasteiger partial charge on any atom is 0.410 e. The van der Waals surface area contributed by atoms with E-state index in [9.17, 15) is 4.79 Å². The summed E-state index contributed by atoms with van der Waals surface area (Å²) in [7, 11) is 1.65. The molecule has 0 unspecified atom stereocenters. The predicted molar refractivity (Wildman–Crippen MR) is 120 cm³/mol. The molecule has 0 aliphatic carbocycles. The lowest BCUT2D eigenvalue weighted by molar-refractivity contribution is 0.0184. The van der Waals surface area contributed by atoms with Crippen LogP contribution in [0.1, 0.15) is 45.3 Å². The molecule has 0 bridgehead atoms. The van der Waals surface area contributed by atoms with Gasteiger partial charge < -0.3 is 18.9 Å². The Morgan fingerprint density at radius 3 is 2.53 bits per heavy atom. The van der Waals surface area contributed by atoms with E-state index in [0.29, 0.717) is 13.1 Å². The molecule has 170 valence electrons. The number of ether oxygens (including phenoxy) is 2. The van der Waals surface area contributed by atoms with Crippen molar-refractivity contribution in [2.45, 2.75) is 52.2 Å². The second-order valence-corrected chi connectivity index (χ2v) is 9.09. The first kappa shape index (κ1) is 21.9. The topological polar surface area (TPSA) is 87.3 Å². The molecule has 0 saturated carbocycles. The van der Waals surface area contributed by atoms with Crippen molar-refractivity contribution in [3.63, 3.8) is 0 Å². The minimum atomic E-state index is -0.484. The number of rotatable bonds is 4. The minimum absolute atomic E-state index is 0.199. The first-order valence-electron chi connectivity index (χ1n) is 10.8. The highest BCUT2D eigenvalue weighted by Crippen LogP contribution is 2.30. The van der Waals surface area contributed by atoms with Crippen LogP contribution in [-0.4, -0.2) is 61.3 Å². The Hall–Kier alpha value is -3.36. The van der Waals surface area contributed by atoms with E-state index in [1.165, 1.54) is 0 Å². The van der Waals surface area contributed by atoms with Gasteiger partial charge in [-0.3, -0.25) is 0 Å². The van der Waals surface area contributed by atoms with E-state index in [-0.39, 0.29) is 12.1 Å². The molecule has 1 saturated heterocycles. The number of aromatic nitrogens is 5. The van der Waals surface area contributed by atoms with Crippen molar-refractivity contribution in [2.24, 2.45) is 0 Å². The highest BCUT2D eigenvalue weighted by molar-refractivity contribution is 5.68. The fourth-order valence-electron chi connectivity index (χ4n) is 3.83. The molecule has 1 aromatic carbocycles. The molecule has 1 amide bonds. The molecule has 9 nitrogen and oxygen atoms in total. The molecule has 1 aliphatic heterocycles. The SMILES string of the molecule is COc1cc(-c2cn(C3CCN(C(=O)OC(C)(C)C)CC3)nn2)ccc1-n1cnc(C)c1. The Morgan fingerprint density at radius 1 is 1.16 bits per heavy atom. The highest BCUT2D eigenvalue weighted by Gasteiger charge is 2.28. The van der Waals surface area contributed by atoms with Crippen molar-refractivity contribution in [1.82, 2.24) is 29.4 Å². The summed E-state index contributed by atoms with van der Waals surface area (Å²) < 4.78 is 14.9. The molecule has 3 heterocycles. The van der Waals surface area contributed by atoms with Crippen molar-refractivity contribution in [3.8, 4) is 22.7 Å². The third kappa shape index (κ3) is 4.76. The number of aryl methyl sites for hydroxylation is 1. The molecule has 3 aromatic rings. The van der Waals surface area contributed by atoms with Gasteiger partial charge in [0.2, 0.25) is 0 Å². The number of piperidine rings is 1. The van der Waals surface area contributed by atoms with Gasteiger partial charge in [-0.1, -0.05) is 11.3 Å². The minimum Gasteiger partial charge on any atom is -0.495 e. The number of methoxy groups -OCH3 is 1. The fraction of sp³-hybridized carbons (Fsp3) is 0.478. The molecule has 9 heteroatoms. The molecule has 2 aromatic heterocycles. The Morgan fingerprint density at radius 2 is 1.91 bits per heavy atom.